The maximum atomic E-state index is 13.5. The number of ether oxygens (including phenoxy) is 1. The van der Waals surface area contributed by atoms with Crippen LogP contribution in [0.4, 0.5) is 4.39 Å². The number of rotatable bonds is 7. The fourth-order valence-electron chi connectivity index (χ4n) is 2.33. The van der Waals surface area contributed by atoms with Gasteiger partial charge in [-0.15, -0.1) is 0 Å². The highest BCUT2D eigenvalue weighted by Gasteiger charge is 2.31. The van der Waals surface area contributed by atoms with E-state index in [1.807, 2.05) is 0 Å². The van der Waals surface area contributed by atoms with Crippen LogP contribution in [0.5, 0.6) is 5.75 Å². The summed E-state index contributed by atoms with van der Waals surface area (Å²) in [4.78, 5) is 11.9. The molecule has 0 spiro atoms. The fourth-order valence-corrected chi connectivity index (χ4v) is 2.33. The van der Waals surface area contributed by atoms with Gasteiger partial charge in [0.2, 0.25) is 5.91 Å². The van der Waals surface area contributed by atoms with Gasteiger partial charge in [0.1, 0.15) is 0 Å². The molecule has 1 aliphatic carbocycles. The topological polar surface area (TPSA) is 58.6 Å². The molecule has 0 aromatic heterocycles. The predicted molar refractivity (Wildman–Crippen MR) is 73.0 cm³/mol. The van der Waals surface area contributed by atoms with E-state index in [0.29, 0.717) is 17.9 Å². The Kier molecular flexibility index (Phi) is 4.95. The zero-order valence-corrected chi connectivity index (χ0v) is 11.6. The molecule has 1 aromatic rings. The van der Waals surface area contributed by atoms with E-state index in [0.717, 1.165) is 12.8 Å². The van der Waals surface area contributed by atoms with E-state index < -0.39 is 5.82 Å². The summed E-state index contributed by atoms with van der Waals surface area (Å²) in [6, 6.07) is 4.55. The van der Waals surface area contributed by atoms with E-state index in [4.69, 9.17) is 9.84 Å². The van der Waals surface area contributed by atoms with Gasteiger partial charge in [0, 0.05) is 12.6 Å². The summed E-state index contributed by atoms with van der Waals surface area (Å²) >= 11 is 0. The average Bonchev–Trinajstić information content (AvgIpc) is 3.22. The number of aliphatic hydroxyl groups excluding tert-OH is 1. The Morgan fingerprint density at radius 2 is 2.30 bits per heavy atom. The first-order chi connectivity index (χ1) is 9.63. The fraction of sp³-hybridized carbons (Fsp3) is 0.533. The van der Waals surface area contributed by atoms with Crippen LogP contribution in [-0.4, -0.2) is 30.8 Å². The van der Waals surface area contributed by atoms with Crippen LogP contribution in [0, 0.1) is 11.7 Å². The molecule has 20 heavy (non-hydrogen) atoms. The summed E-state index contributed by atoms with van der Waals surface area (Å²) in [5, 5.41) is 11.9. The zero-order valence-electron chi connectivity index (χ0n) is 11.6. The number of hydrogen-bond acceptors (Lipinski definition) is 3. The van der Waals surface area contributed by atoms with Crippen molar-refractivity contribution in [2.75, 3.05) is 13.7 Å². The number of nitrogens with one attached hydrogen (secondary N) is 1. The Labute approximate surface area is 117 Å². The summed E-state index contributed by atoms with van der Waals surface area (Å²) in [5.74, 6) is 0.0517. The van der Waals surface area contributed by atoms with E-state index in [1.54, 1.807) is 6.07 Å². The minimum atomic E-state index is -0.466. The van der Waals surface area contributed by atoms with Gasteiger partial charge in [-0.3, -0.25) is 4.79 Å². The molecule has 1 fully saturated rings. The van der Waals surface area contributed by atoms with E-state index >= 15 is 0 Å². The summed E-state index contributed by atoms with van der Waals surface area (Å²) in [5.41, 5.74) is 0.611. The van der Waals surface area contributed by atoms with Gasteiger partial charge in [-0.05, 0) is 42.9 Å². The van der Waals surface area contributed by atoms with E-state index in [-0.39, 0.29) is 30.7 Å². The molecule has 1 saturated carbocycles. The molecule has 110 valence electrons. The lowest BCUT2D eigenvalue weighted by molar-refractivity contribution is -0.121. The Bertz CT molecular complexity index is 474. The minimum Gasteiger partial charge on any atom is -0.494 e. The Morgan fingerprint density at radius 1 is 1.55 bits per heavy atom. The van der Waals surface area contributed by atoms with Crippen molar-refractivity contribution in [3.63, 3.8) is 0 Å². The van der Waals surface area contributed by atoms with Gasteiger partial charge in [-0.25, -0.2) is 4.39 Å². The summed E-state index contributed by atoms with van der Waals surface area (Å²) in [6.07, 6.45) is 2.91. The molecule has 1 amide bonds. The highest BCUT2D eigenvalue weighted by molar-refractivity contribution is 5.79. The quantitative estimate of drug-likeness (QED) is 0.799. The Hall–Kier alpha value is -1.62. The normalized spacial score (nSPS) is 15.8. The van der Waals surface area contributed by atoms with Gasteiger partial charge in [-0.1, -0.05) is 6.07 Å². The van der Waals surface area contributed by atoms with Crippen LogP contribution >= 0.6 is 0 Å². The second-order valence-corrected chi connectivity index (χ2v) is 5.17. The van der Waals surface area contributed by atoms with Gasteiger partial charge in [0.25, 0.3) is 0 Å². The van der Waals surface area contributed by atoms with Crippen molar-refractivity contribution < 1.29 is 19.0 Å². The lowest BCUT2D eigenvalue weighted by Crippen LogP contribution is -2.38. The monoisotopic (exact) mass is 281 g/mol. The second kappa shape index (κ2) is 6.70. The number of carbonyl (C=O) groups is 1. The summed E-state index contributed by atoms with van der Waals surface area (Å²) in [6.45, 7) is 0.0681. The van der Waals surface area contributed by atoms with Crippen LogP contribution in [0.3, 0.4) is 0 Å². The molecule has 1 atom stereocenters. The zero-order chi connectivity index (χ0) is 14.5. The smallest absolute Gasteiger partial charge is 0.224 e. The largest absolute Gasteiger partial charge is 0.494 e. The molecule has 0 radical (unpaired) electrons. The number of hydrogen-bond donors (Lipinski definition) is 2. The molecule has 1 aliphatic rings. The molecule has 2 N–H and O–H groups in total. The number of aliphatic hydroxyl groups is 1. The van der Waals surface area contributed by atoms with Crippen molar-refractivity contribution in [2.24, 2.45) is 5.92 Å². The lowest BCUT2D eigenvalue weighted by Gasteiger charge is -2.17. The molecular weight excluding hydrogens is 261 g/mol. The molecule has 0 heterocycles. The van der Waals surface area contributed by atoms with Crippen molar-refractivity contribution in [1.82, 2.24) is 5.32 Å². The van der Waals surface area contributed by atoms with Crippen molar-refractivity contribution >= 4 is 5.91 Å². The lowest BCUT2D eigenvalue weighted by atomic mass is 10.1. The predicted octanol–water partition coefficient (Wildman–Crippen LogP) is 1.65. The van der Waals surface area contributed by atoms with Gasteiger partial charge in [-0.2, -0.15) is 0 Å². The van der Waals surface area contributed by atoms with Crippen LogP contribution in [-0.2, 0) is 11.2 Å². The van der Waals surface area contributed by atoms with Gasteiger partial charge < -0.3 is 15.2 Å². The third-order valence-electron chi connectivity index (χ3n) is 3.56. The first-order valence-electron chi connectivity index (χ1n) is 6.86. The minimum absolute atomic E-state index is 0.0376. The number of methoxy groups -OCH3 is 1. The number of halogens is 1. The maximum absolute atomic E-state index is 13.5. The van der Waals surface area contributed by atoms with Gasteiger partial charge in [0.05, 0.1) is 13.5 Å². The number of benzene rings is 1. The maximum Gasteiger partial charge on any atom is 0.224 e. The third-order valence-corrected chi connectivity index (χ3v) is 3.56. The van der Waals surface area contributed by atoms with E-state index in [9.17, 15) is 9.18 Å². The van der Waals surface area contributed by atoms with Gasteiger partial charge >= 0.3 is 0 Å². The molecule has 1 aromatic carbocycles. The van der Waals surface area contributed by atoms with Gasteiger partial charge in [0.15, 0.2) is 11.6 Å². The van der Waals surface area contributed by atoms with Crippen LogP contribution < -0.4 is 10.1 Å². The molecule has 0 bridgehead atoms. The van der Waals surface area contributed by atoms with Crippen molar-refractivity contribution in [3.8, 4) is 5.75 Å². The summed E-state index contributed by atoms with van der Waals surface area (Å²) in [7, 11) is 1.40. The standard InChI is InChI=1S/C15H20FNO3/c1-20-14-5-2-10(8-12(14)16)9-15(19)17-13(6-7-18)11-3-4-11/h2,5,8,11,13,18H,3-4,6-7,9H2,1H3,(H,17,19). The van der Waals surface area contributed by atoms with Crippen molar-refractivity contribution in [1.29, 1.82) is 0 Å². The first-order valence-corrected chi connectivity index (χ1v) is 6.86. The summed E-state index contributed by atoms with van der Waals surface area (Å²) < 4.78 is 18.4. The van der Waals surface area contributed by atoms with Crippen LogP contribution in [0.1, 0.15) is 24.8 Å². The molecular formula is C15H20FNO3. The number of amides is 1. The molecule has 1 unspecified atom stereocenters. The van der Waals surface area contributed by atoms with E-state index in [1.165, 1.54) is 19.2 Å². The van der Waals surface area contributed by atoms with Crippen molar-refractivity contribution in [2.45, 2.75) is 31.7 Å². The highest BCUT2D eigenvalue weighted by Crippen LogP contribution is 2.33. The Morgan fingerprint density at radius 3 is 2.85 bits per heavy atom. The van der Waals surface area contributed by atoms with Crippen LogP contribution in [0.2, 0.25) is 0 Å². The molecule has 0 saturated heterocycles. The molecule has 0 aliphatic heterocycles. The SMILES string of the molecule is COc1ccc(CC(=O)NC(CCO)C2CC2)cc1F. The van der Waals surface area contributed by atoms with Crippen LogP contribution in [0.25, 0.3) is 0 Å². The number of carbonyl (C=O) groups excluding carboxylic acids is 1. The molecule has 4 nitrogen and oxygen atoms in total. The van der Waals surface area contributed by atoms with Crippen molar-refractivity contribution in [3.05, 3.63) is 29.6 Å². The second-order valence-electron chi connectivity index (χ2n) is 5.17. The van der Waals surface area contributed by atoms with Crippen LogP contribution in [0.15, 0.2) is 18.2 Å². The first kappa shape index (κ1) is 14.8. The third kappa shape index (κ3) is 3.93. The highest BCUT2D eigenvalue weighted by atomic mass is 19.1. The van der Waals surface area contributed by atoms with E-state index in [2.05, 4.69) is 5.32 Å². The molecule has 2 rings (SSSR count). The Balaban J connectivity index is 1.91. The average molecular weight is 281 g/mol. The molecule has 5 heteroatoms.